The van der Waals surface area contributed by atoms with Gasteiger partial charge in [-0.25, -0.2) is 0 Å². The molecule has 0 saturated carbocycles. The van der Waals surface area contributed by atoms with Crippen molar-refractivity contribution in [2.24, 2.45) is 4.99 Å². The van der Waals surface area contributed by atoms with Gasteiger partial charge in [0.05, 0.1) is 24.8 Å². The Morgan fingerprint density at radius 2 is 1.91 bits per heavy atom. The molecule has 0 saturated heterocycles. The summed E-state index contributed by atoms with van der Waals surface area (Å²) in [5, 5.41) is 20.6. The number of hydrogen-bond acceptors (Lipinski definition) is 6. The molecule has 0 aliphatic rings. The molecule has 2 aromatic carbocycles. The van der Waals surface area contributed by atoms with Crippen molar-refractivity contribution < 1.29 is 19.5 Å². The lowest BCUT2D eigenvalue weighted by Crippen LogP contribution is -1.92. The monoisotopic (exact) mass is 302 g/mol. The van der Waals surface area contributed by atoms with Crippen LogP contribution in [0.2, 0.25) is 0 Å². The first-order valence-electron chi connectivity index (χ1n) is 6.29. The summed E-state index contributed by atoms with van der Waals surface area (Å²) < 4.78 is 10.3. The van der Waals surface area contributed by atoms with Gasteiger partial charge in [-0.2, -0.15) is 0 Å². The number of nitro benzene ring substituents is 1. The molecule has 0 amide bonds. The Hall–Kier alpha value is -3.09. The molecule has 7 nitrogen and oxygen atoms in total. The van der Waals surface area contributed by atoms with E-state index in [1.54, 1.807) is 18.2 Å². The van der Waals surface area contributed by atoms with Crippen LogP contribution in [-0.2, 0) is 0 Å². The second-order valence-corrected chi connectivity index (χ2v) is 4.27. The van der Waals surface area contributed by atoms with Gasteiger partial charge in [-0.3, -0.25) is 15.1 Å². The van der Waals surface area contributed by atoms with Crippen LogP contribution >= 0.6 is 0 Å². The van der Waals surface area contributed by atoms with Crippen molar-refractivity contribution in [2.45, 2.75) is 0 Å². The van der Waals surface area contributed by atoms with Crippen LogP contribution in [0.4, 0.5) is 11.4 Å². The third kappa shape index (κ3) is 3.14. The van der Waals surface area contributed by atoms with Gasteiger partial charge in [0.15, 0.2) is 11.5 Å². The highest BCUT2D eigenvalue weighted by atomic mass is 16.6. The molecule has 0 aromatic heterocycles. The van der Waals surface area contributed by atoms with Crippen molar-refractivity contribution in [3.05, 3.63) is 52.1 Å². The molecule has 2 rings (SSSR count). The summed E-state index contributed by atoms with van der Waals surface area (Å²) in [6.45, 7) is 0. The summed E-state index contributed by atoms with van der Waals surface area (Å²) in [4.78, 5) is 14.3. The van der Waals surface area contributed by atoms with Crippen LogP contribution in [0.15, 0.2) is 41.4 Å². The molecule has 0 bridgehead atoms. The number of rotatable bonds is 5. The van der Waals surface area contributed by atoms with Gasteiger partial charge in [-0.15, -0.1) is 0 Å². The third-order valence-corrected chi connectivity index (χ3v) is 2.96. The van der Waals surface area contributed by atoms with Crippen molar-refractivity contribution in [3.63, 3.8) is 0 Å². The molecule has 0 aliphatic heterocycles. The molecule has 0 spiro atoms. The van der Waals surface area contributed by atoms with Gasteiger partial charge in [0.25, 0.3) is 0 Å². The number of para-hydroxylation sites is 1. The second-order valence-electron chi connectivity index (χ2n) is 4.27. The average Bonchev–Trinajstić information content (AvgIpc) is 2.53. The van der Waals surface area contributed by atoms with Crippen LogP contribution in [0, 0.1) is 10.1 Å². The van der Waals surface area contributed by atoms with Crippen molar-refractivity contribution in [2.75, 3.05) is 14.2 Å². The van der Waals surface area contributed by atoms with Crippen molar-refractivity contribution in [1.82, 2.24) is 0 Å². The molecule has 0 fully saturated rings. The van der Waals surface area contributed by atoms with Crippen LogP contribution in [0.1, 0.15) is 5.56 Å². The van der Waals surface area contributed by atoms with Gasteiger partial charge in [-0.1, -0.05) is 6.07 Å². The highest BCUT2D eigenvalue weighted by Gasteiger charge is 2.15. The number of phenols is 1. The molecule has 0 radical (unpaired) electrons. The number of nitrogens with zero attached hydrogens (tertiary/aromatic N) is 2. The minimum absolute atomic E-state index is 0.254. The minimum Gasteiger partial charge on any atom is -0.502 e. The maximum absolute atomic E-state index is 10.8. The summed E-state index contributed by atoms with van der Waals surface area (Å²) in [6, 6.07) is 9.29. The molecular weight excluding hydrogens is 288 g/mol. The Balaban J connectivity index is 2.33. The van der Waals surface area contributed by atoms with E-state index in [0.29, 0.717) is 17.2 Å². The number of benzene rings is 2. The summed E-state index contributed by atoms with van der Waals surface area (Å²) in [6.07, 6.45) is 1.35. The molecule has 2 aromatic rings. The van der Waals surface area contributed by atoms with Crippen molar-refractivity contribution in [1.29, 1.82) is 0 Å². The molecule has 0 unspecified atom stereocenters. The standard InChI is InChI=1S/C15H14N2O5/c1-21-13-7-6-11(8-14(13)22-2)16-9-10-4-3-5-12(15(10)18)17(19)20/h3-9,18H,1-2H3. The van der Waals surface area contributed by atoms with Gasteiger partial charge in [0, 0.05) is 23.9 Å². The first kappa shape index (κ1) is 15.3. The van der Waals surface area contributed by atoms with E-state index in [1.165, 1.54) is 38.6 Å². The van der Waals surface area contributed by atoms with E-state index in [2.05, 4.69) is 4.99 Å². The van der Waals surface area contributed by atoms with Crippen LogP contribution < -0.4 is 9.47 Å². The van der Waals surface area contributed by atoms with Crippen LogP contribution in [0.5, 0.6) is 17.2 Å². The maximum atomic E-state index is 10.8. The lowest BCUT2D eigenvalue weighted by Gasteiger charge is -2.07. The Morgan fingerprint density at radius 1 is 1.18 bits per heavy atom. The third-order valence-electron chi connectivity index (χ3n) is 2.96. The number of hydrogen-bond donors (Lipinski definition) is 1. The zero-order chi connectivity index (χ0) is 16.1. The van der Waals surface area contributed by atoms with Gasteiger partial charge in [0.1, 0.15) is 0 Å². The number of methoxy groups -OCH3 is 2. The fourth-order valence-corrected chi connectivity index (χ4v) is 1.85. The Kier molecular flexibility index (Phi) is 4.57. The summed E-state index contributed by atoms with van der Waals surface area (Å²) in [5.41, 5.74) is 0.448. The highest BCUT2D eigenvalue weighted by Crippen LogP contribution is 2.32. The number of ether oxygens (including phenoxy) is 2. The SMILES string of the molecule is COc1ccc(N=Cc2cccc([N+](=O)[O-])c2O)cc1OC. The lowest BCUT2D eigenvalue weighted by molar-refractivity contribution is -0.385. The van der Waals surface area contributed by atoms with Gasteiger partial charge >= 0.3 is 5.69 Å². The van der Waals surface area contributed by atoms with Gasteiger partial charge in [0.2, 0.25) is 5.75 Å². The Labute approximate surface area is 126 Å². The van der Waals surface area contributed by atoms with E-state index in [-0.39, 0.29) is 11.3 Å². The van der Waals surface area contributed by atoms with E-state index in [1.807, 2.05) is 0 Å². The average molecular weight is 302 g/mol. The summed E-state index contributed by atoms with van der Waals surface area (Å²) in [5.74, 6) is 0.664. The fourth-order valence-electron chi connectivity index (χ4n) is 1.85. The van der Waals surface area contributed by atoms with Gasteiger partial charge < -0.3 is 14.6 Å². The number of aliphatic imine (C=N–C) groups is 1. The molecule has 0 atom stereocenters. The molecule has 1 N–H and O–H groups in total. The predicted octanol–water partition coefficient (Wildman–Crippen LogP) is 3.07. The van der Waals surface area contributed by atoms with Crippen LogP contribution in [0.25, 0.3) is 0 Å². The summed E-state index contributed by atoms with van der Waals surface area (Å²) in [7, 11) is 3.04. The van der Waals surface area contributed by atoms with E-state index in [9.17, 15) is 15.2 Å². The number of aromatic hydroxyl groups is 1. The first-order chi connectivity index (χ1) is 10.6. The minimum atomic E-state index is -0.650. The van der Waals surface area contributed by atoms with Crippen LogP contribution in [-0.4, -0.2) is 30.5 Å². The Morgan fingerprint density at radius 3 is 2.55 bits per heavy atom. The zero-order valence-corrected chi connectivity index (χ0v) is 12.0. The van der Waals surface area contributed by atoms with E-state index >= 15 is 0 Å². The number of nitro groups is 1. The lowest BCUT2D eigenvalue weighted by atomic mass is 10.2. The normalized spacial score (nSPS) is 10.6. The molecular formula is C15H14N2O5. The van der Waals surface area contributed by atoms with Gasteiger partial charge in [-0.05, 0) is 18.2 Å². The topological polar surface area (TPSA) is 94.2 Å². The molecule has 114 valence electrons. The number of phenolic OH excluding ortho intramolecular Hbond substituents is 1. The predicted molar refractivity (Wildman–Crippen MR) is 81.6 cm³/mol. The Bertz CT molecular complexity index is 728. The molecule has 0 aliphatic carbocycles. The largest absolute Gasteiger partial charge is 0.502 e. The smallest absolute Gasteiger partial charge is 0.311 e. The van der Waals surface area contributed by atoms with E-state index < -0.39 is 10.7 Å². The molecule has 0 heterocycles. The maximum Gasteiger partial charge on any atom is 0.311 e. The van der Waals surface area contributed by atoms with Crippen molar-refractivity contribution in [3.8, 4) is 17.2 Å². The fraction of sp³-hybridized carbons (Fsp3) is 0.133. The van der Waals surface area contributed by atoms with Crippen LogP contribution in [0.3, 0.4) is 0 Å². The second kappa shape index (κ2) is 6.57. The molecule has 7 heteroatoms. The van der Waals surface area contributed by atoms with E-state index in [4.69, 9.17) is 9.47 Å². The zero-order valence-electron chi connectivity index (χ0n) is 12.0. The molecule has 22 heavy (non-hydrogen) atoms. The summed E-state index contributed by atoms with van der Waals surface area (Å²) >= 11 is 0. The quantitative estimate of drug-likeness (QED) is 0.520. The van der Waals surface area contributed by atoms with E-state index in [0.717, 1.165) is 0 Å². The van der Waals surface area contributed by atoms with Crippen molar-refractivity contribution >= 4 is 17.6 Å². The highest BCUT2D eigenvalue weighted by molar-refractivity contribution is 5.87. The first-order valence-corrected chi connectivity index (χ1v) is 6.29.